The topological polar surface area (TPSA) is 94.1 Å². The highest BCUT2D eigenvalue weighted by molar-refractivity contribution is 6.29. The molecule has 0 unspecified atom stereocenters. The molecule has 0 amide bonds. The van der Waals surface area contributed by atoms with Gasteiger partial charge < -0.3 is 5.32 Å². The van der Waals surface area contributed by atoms with E-state index in [9.17, 15) is 10.1 Å². The van der Waals surface area contributed by atoms with Crippen molar-refractivity contribution in [1.29, 1.82) is 0 Å². The molecule has 0 aliphatic heterocycles. The number of non-ortho nitro benzene ring substituents is 1. The van der Waals surface area contributed by atoms with Crippen molar-refractivity contribution >= 4 is 34.0 Å². The Morgan fingerprint density at radius 2 is 2.24 bits per heavy atom. The number of anilines is 1. The molecule has 0 aliphatic rings. The van der Waals surface area contributed by atoms with Crippen LogP contribution in [0.1, 0.15) is 0 Å². The summed E-state index contributed by atoms with van der Waals surface area (Å²) in [5.41, 5.74) is 0.780. The van der Waals surface area contributed by atoms with E-state index < -0.39 is 4.92 Å². The number of nitro benzene ring substituents is 1. The average molecular weight is 255 g/mol. The molecule has 7 nitrogen and oxygen atoms in total. The summed E-state index contributed by atoms with van der Waals surface area (Å²) in [6.07, 6.45) is 0. The van der Waals surface area contributed by atoms with E-state index in [4.69, 9.17) is 11.6 Å². The molecule has 0 saturated heterocycles. The normalized spacial score (nSPS) is 10.4. The molecule has 0 atom stereocenters. The molecule has 1 heterocycles. The van der Waals surface area contributed by atoms with Gasteiger partial charge >= 0.3 is 5.69 Å². The van der Waals surface area contributed by atoms with Crippen LogP contribution in [0.2, 0.25) is 0 Å². The molecule has 17 heavy (non-hydrogen) atoms. The van der Waals surface area contributed by atoms with Gasteiger partial charge in [0.25, 0.3) is 0 Å². The lowest BCUT2D eigenvalue weighted by molar-refractivity contribution is -0.383. The fraction of sp³-hybridized carbons (Fsp3) is 0.111. The van der Waals surface area contributed by atoms with E-state index in [1.807, 2.05) is 0 Å². The van der Waals surface area contributed by atoms with E-state index in [1.165, 1.54) is 12.1 Å². The van der Waals surface area contributed by atoms with Gasteiger partial charge in [0.05, 0.1) is 17.2 Å². The summed E-state index contributed by atoms with van der Waals surface area (Å²) < 4.78 is 4.50. The van der Waals surface area contributed by atoms with Gasteiger partial charge in [0.1, 0.15) is 0 Å². The number of halogens is 1. The van der Waals surface area contributed by atoms with Crippen LogP contribution in [-0.4, -0.2) is 21.8 Å². The van der Waals surface area contributed by atoms with Crippen molar-refractivity contribution in [3.8, 4) is 0 Å². The number of benzene rings is 1. The largest absolute Gasteiger partial charge is 0.378 e. The van der Waals surface area contributed by atoms with Crippen molar-refractivity contribution in [3.63, 3.8) is 0 Å². The smallest absolute Gasteiger partial charge is 0.300 e. The van der Waals surface area contributed by atoms with Gasteiger partial charge in [-0.25, -0.2) is 4.63 Å². The minimum absolute atomic E-state index is 0.0974. The number of hydrogen-bond donors (Lipinski definition) is 1. The molecule has 2 rings (SSSR count). The lowest BCUT2D eigenvalue weighted by Crippen LogP contribution is -2.02. The quantitative estimate of drug-likeness (QED) is 0.664. The van der Waals surface area contributed by atoms with Crippen LogP contribution in [0.4, 0.5) is 11.4 Å². The molecule has 1 N–H and O–H groups in total. The maximum atomic E-state index is 10.7. The Kier molecular flexibility index (Phi) is 2.92. The Morgan fingerprint density at radius 1 is 1.53 bits per heavy atom. The first kappa shape index (κ1) is 11.3. The second-order valence-electron chi connectivity index (χ2n) is 3.22. The van der Waals surface area contributed by atoms with E-state index in [0.717, 1.165) is 0 Å². The van der Waals surface area contributed by atoms with Gasteiger partial charge in [-0.15, -0.1) is 0 Å². The zero-order valence-corrected chi connectivity index (χ0v) is 9.27. The standard InChI is InChI=1S/C9H7ClN4O3/c1-5(10)4-11-6-2-3-7(14(15)16)9-8(6)12-17-13-9/h2-3,11H,1,4H2. The molecule has 0 aliphatic carbocycles. The van der Waals surface area contributed by atoms with E-state index >= 15 is 0 Å². The number of nitrogens with one attached hydrogen (secondary N) is 1. The predicted molar refractivity (Wildman–Crippen MR) is 61.9 cm³/mol. The molecule has 1 aromatic heterocycles. The Balaban J connectivity index is 2.46. The van der Waals surface area contributed by atoms with E-state index in [0.29, 0.717) is 17.3 Å². The third-order valence-corrected chi connectivity index (χ3v) is 2.20. The van der Waals surface area contributed by atoms with Crippen LogP contribution in [0.3, 0.4) is 0 Å². The first-order valence-electron chi connectivity index (χ1n) is 4.56. The van der Waals surface area contributed by atoms with Gasteiger partial charge in [0, 0.05) is 11.1 Å². The molecule has 0 fully saturated rings. The van der Waals surface area contributed by atoms with Crippen molar-refractivity contribution in [2.45, 2.75) is 0 Å². The maximum absolute atomic E-state index is 10.7. The summed E-state index contributed by atoms with van der Waals surface area (Å²) in [5.74, 6) is 0. The van der Waals surface area contributed by atoms with E-state index in [-0.39, 0.29) is 16.7 Å². The highest BCUT2D eigenvalue weighted by Gasteiger charge is 2.19. The number of nitrogens with zero attached hydrogens (tertiary/aromatic N) is 3. The molecule has 2 aromatic rings. The Hall–Kier alpha value is -2.15. The monoisotopic (exact) mass is 254 g/mol. The number of fused-ring (bicyclic) bond motifs is 1. The number of hydrogen-bond acceptors (Lipinski definition) is 6. The number of nitro groups is 1. The average Bonchev–Trinajstić information content (AvgIpc) is 2.73. The maximum Gasteiger partial charge on any atom is 0.300 e. The van der Waals surface area contributed by atoms with Crippen LogP contribution in [0.25, 0.3) is 11.0 Å². The Morgan fingerprint density at radius 3 is 2.88 bits per heavy atom. The first-order valence-corrected chi connectivity index (χ1v) is 4.94. The van der Waals surface area contributed by atoms with Crippen LogP contribution < -0.4 is 5.32 Å². The van der Waals surface area contributed by atoms with Crippen LogP contribution >= 0.6 is 11.6 Å². The number of aromatic nitrogens is 2. The van der Waals surface area contributed by atoms with Gasteiger partial charge in [-0.3, -0.25) is 10.1 Å². The second-order valence-corrected chi connectivity index (χ2v) is 3.76. The van der Waals surface area contributed by atoms with Crippen LogP contribution in [0.15, 0.2) is 28.4 Å². The summed E-state index contributed by atoms with van der Waals surface area (Å²) in [7, 11) is 0. The molecule has 1 aromatic carbocycles. The van der Waals surface area contributed by atoms with Crippen molar-refractivity contribution < 1.29 is 9.55 Å². The molecule has 88 valence electrons. The van der Waals surface area contributed by atoms with Gasteiger partial charge in [-0.2, -0.15) is 0 Å². The minimum Gasteiger partial charge on any atom is -0.378 e. The molecule has 0 saturated carbocycles. The van der Waals surface area contributed by atoms with Crippen molar-refractivity contribution in [2.24, 2.45) is 0 Å². The number of rotatable bonds is 4. The minimum atomic E-state index is -0.545. The fourth-order valence-electron chi connectivity index (χ4n) is 1.33. The highest BCUT2D eigenvalue weighted by atomic mass is 35.5. The SMILES string of the molecule is C=C(Cl)CNc1ccc([N+](=O)[O-])c2nonc12. The lowest BCUT2D eigenvalue weighted by Gasteiger charge is -2.04. The van der Waals surface area contributed by atoms with E-state index in [1.54, 1.807) is 0 Å². The Labute approximate surface area is 100 Å². The van der Waals surface area contributed by atoms with E-state index in [2.05, 4.69) is 26.8 Å². The molecular formula is C9H7ClN4O3. The molecule has 0 bridgehead atoms. The van der Waals surface area contributed by atoms with Crippen LogP contribution in [0.5, 0.6) is 0 Å². The summed E-state index contributed by atoms with van der Waals surface area (Å²) in [4.78, 5) is 10.2. The van der Waals surface area contributed by atoms with Gasteiger partial charge in [0.2, 0.25) is 5.52 Å². The van der Waals surface area contributed by atoms with Gasteiger partial charge in [-0.1, -0.05) is 18.2 Å². The summed E-state index contributed by atoms with van der Waals surface area (Å²) in [6, 6.07) is 2.84. The third kappa shape index (κ3) is 2.18. The predicted octanol–water partition coefficient (Wildman–Crippen LogP) is 2.30. The summed E-state index contributed by atoms with van der Waals surface area (Å²) >= 11 is 5.61. The molecular weight excluding hydrogens is 248 g/mol. The van der Waals surface area contributed by atoms with Crippen molar-refractivity contribution in [2.75, 3.05) is 11.9 Å². The second kappa shape index (κ2) is 4.38. The Bertz CT molecular complexity index is 595. The molecule has 8 heteroatoms. The zero-order valence-electron chi connectivity index (χ0n) is 8.51. The highest BCUT2D eigenvalue weighted by Crippen LogP contribution is 2.28. The first-order chi connectivity index (χ1) is 8.09. The summed E-state index contributed by atoms with van der Waals surface area (Å²) in [5, 5.41) is 21.2. The third-order valence-electron chi connectivity index (χ3n) is 2.06. The van der Waals surface area contributed by atoms with Crippen molar-refractivity contribution in [3.05, 3.63) is 33.9 Å². The van der Waals surface area contributed by atoms with Gasteiger partial charge in [-0.05, 0) is 16.4 Å². The molecule has 0 spiro atoms. The van der Waals surface area contributed by atoms with Gasteiger partial charge in [0.15, 0.2) is 5.52 Å². The molecule has 0 radical (unpaired) electrons. The summed E-state index contributed by atoms with van der Waals surface area (Å²) in [6.45, 7) is 3.84. The fourth-order valence-corrected chi connectivity index (χ4v) is 1.40. The lowest BCUT2D eigenvalue weighted by atomic mass is 10.2. The van der Waals surface area contributed by atoms with Crippen LogP contribution in [0, 0.1) is 10.1 Å². The van der Waals surface area contributed by atoms with Crippen LogP contribution in [-0.2, 0) is 0 Å². The van der Waals surface area contributed by atoms with Crippen molar-refractivity contribution in [1.82, 2.24) is 10.3 Å². The zero-order chi connectivity index (χ0) is 12.4.